The minimum Gasteiger partial charge on any atom is -0.497 e. The Balaban J connectivity index is 2.24. The Kier molecular flexibility index (Phi) is 10.5. The van der Waals surface area contributed by atoms with Crippen molar-refractivity contribution in [3.63, 3.8) is 0 Å². The number of unbranched alkanes of at least 4 members (excludes halogenated alkanes) is 1. The molecule has 6 nitrogen and oxygen atoms in total. The summed E-state index contributed by atoms with van der Waals surface area (Å²) in [6, 6.07) is 8.24. The van der Waals surface area contributed by atoms with Gasteiger partial charge in [-0.15, -0.1) is 0 Å². The van der Waals surface area contributed by atoms with E-state index in [-0.39, 0.29) is 6.10 Å². The van der Waals surface area contributed by atoms with Crippen molar-refractivity contribution in [2.75, 3.05) is 40.8 Å². The first-order valence-corrected chi connectivity index (χ1v) is 9.41. The minimum absolute atomic E-state index is 0.0142. The van der Waals surface area contributed by atoms with Crippen molar-refractivity contribution >= 4 is 5.96 Å². The standard InChI is InChI=1S/C20H36N4O2/c1-16(2)24(5)13-8-7-12-22-20(21-4)23-15-17(3)26-19-11-9-10-18(14-19)25-6/h9-11,14,16-17H,7-8,12-13,15H2,1-6H3,(H2,21,22,23). The molecule has 1 atom stereocenters. The largest absolute Gasteiger partial charge is 0.497 e. The Morgan fingerprint density at radius 3 is 2.54 bits per heavy atom. The van der Waals surface area contributed by atoms with Crippen LogP contribution in [-0.4, -0.2) is 63.8 Å². The SMILES string of the molecule is CN=C(NCCCCN(C)C(C)C)NCC(C)Oc1cccc(OC)c1. The average Bonchev–Trinajstić information content (AvgIpc) is 2.63. The molecule has 0 aliphatic heterocycles. The number of benzene rings is 1. The van der Waals surface area contributed by atoms with E-state index in [1.165, 1.54) is 6.42 Å². The predicted octanol–water partition coefficient (Wildman–Crippen LogP) is 2.75. The normalized spacial score (nSPS) is 13.0. The quantitative estimate of drug-likeness (QED) is 0.359. The monoisotopic (exact) mass is 364 g/mol. The number of ether oxygens (including phenoxy) is 2. The Labute approximate surface area is 159 Å². The van der Waals surface area contributed by atoms with Crippen LogP contribution in [0.3, 0.4) is 0 Å². The van der Waals surface area contributed by atoms with Crippen LogP contribution in [0.15, 0.2) is 29.3 Å². The van der Waals surface area contributed by atoms with E-state index in [0.29, 0.717) is 12.6 Å². The molecule has 1 aromatic carbocycles. The highest BCUT2D eigenvalue weighted by atomic mass is 16.5. The van der Waals surface area contributed by atoms with Crippen LogP contribution in [-0.2, 0) is 0 Å². The molecule has 0 radical (unpaired) electrons. The molecule has 0 spiro atoms. The molecule has 1 aromatic rings. The summed E-state index contributed by atoms with van der Waals surface area (Å²) < 4.78 is 11.1. The molecule has 0 fully saturated rings. The summed E-state index contributed by atoms with van der Waals surface area (Å²) in [7, 11) is 5.61. The van der Waals surface area contributed by atoms with E-state index in [9.17, 15) is 0 Å². The zero-order chi connectivity index (χ0) is 19.4. The Morgan fingerprint density at radius 1 is 1.15 bits per heavy atom. The van der Waals surface area contributed by atoms with Gasteiger partial charge in [-0.1, -0.05) is 6.07 Å². The number of hydrogen-bond acceptors (Lipinski definition) is 4. The summed E-state index contributed by atoms with van der Waals surface area (Å²) in [6.07, 6.45) is 2.31. The third-order valence-corrected chi connectivity index (χ3v) is 4.27. The zero-order valence-corrected chi connectivity index (χ0v) is 17.2. The molecule has 0 saturated heterocycles. The van der Waals surface area contributed by atoms with E-state index in [1.54, 1.807) is 14.2 Å². The Hall–Kier alpha value is -1.95. The molecular weight excluding hydrogens is 328 g/mol. The summed E-state index contributed by atoms with van der Waals surface area (Å²) in [5.41, 5.74) is 0. The molecule has 0 heterocycles. The second kappa shape index (κ2) is 12.4. The van der Waals surface area contributed by atoms with Crippen LogP contribution in [0.25, 0.3) is 0 Å². The van der Waals surface area contributed by atoms with Crippen LogP contribution in [0, 0.1) is 0 Å². The van der Waals surface area contributed by atoms with Gasteiger partial charge in [0, 0.05) is 25.7 Å². The van der Waals surface area contributed by atoms with Gasteiger partial charge in [-0.25, -0.2) is 0 Å². The van der Waals surface area contributed by atoms with Crippen molar-refractivity contribution in [1.29, 1.82) is 0 Å². The molecule has 2 N–H and O–H groups in total. The number of rotatable bonds is 11. The fourth-order valence-corrected chi connectivity index (χ4v) is 2.36. The van der Waals surface area contributed by atoms with Crippen molar-refractivity contribution in [2.45, 2.75) is 45.8 Å². The number of aliphatic imine (C=N–C) groups is 1. The fraction of sp³-hybridized carbons (Fsp3) is 0.650. The second-order valence-electron chi connectivity index (χ2n) is 6.77. The molecule has 0 aliphatic carbocycles. The van der Waals surface area contributed by atoms with Gasteiger partial charge >= 0.3 is 0 Å². The van der Waals surface area contributed by atoms with Gasteiger partial charge in [-0.05, 0) is 59.3 Å². The molecule has 0 aromatic heterocycles. The average molecular weight is 365 g/mol. The van der Waals surface area contributed by atoms with Gasteiger partial charge in [-0.3, -0.25) is 4.99 Å². The summed E-state index contributed by atoms with van der Waals surface area (Å²) in [4.78, 5) is 6.63. The second-order valence-corrected chi connectivity index (χ2v) is 6.77. The van der Waals surface area contributed by atoms with E-state index in [1.807, 2.05) is 31.2 Å². The molecule has 6 heteroatoms. The highest BCUT2D eigenvalue weighted by molar-refractivity contribution is 5.79. The van der Waals surface area contributed by atoms with Crippen molar-refractivity contribution in [1.82, 2.24) is 15.5 Å². The summed E-state index contributed by atoms with van der Waals surface area (Å²) >= 11 is 0. The van der Waals surface area contributed by atoms with Gasteiger partial charge in [-0.2, -0.15) is 0 Å². The van der Waals surface area contributed by atoms with Crippen molar-refractivity contribution < 1.29 is 9.47 Å². The zero-order valence-electron chi connectivity index (χ0n) is 17.2. The lowest BCUT2D eigenvalue weighted by atomic mass is 10.2. The third-order valence-electron chi connectivity index (χ3n) is 4.27. The first-order valence-electron chi connectivity index (χ1n) is 9.41. The molecule has 26 heavy (non-hydrogen) atoms. The van der Waals surface area contributed by atoms with Crippen molar-refractivity contribution in [3.8, 4) is 11.5 Å². The maximum atomic E-state index is 5.91. The van der Waals surface area contributed by atoms with Gasteiger partial charge in [0.25, 0.3) is 0 Å². The van der Waals surface area contributed by atoms with Gasteiger partial charge in [0.05, 0.1) is 13.7 Å². The smallest absolute Gasteiger partial charge is 0.191 e. The first kappa shape index (κ1) is 22.1. The van der Waals surface area contributed by atoms with Crippen molar-refractivity contribution in [3.05, 3.63) is 24.3 Å². The highest BCUT2D eigenvalue weighted by Gasteiger charge is 2.07. The molecular formula is C20H36N4O2. The van der Waals surface area contributed by atoms with E-state index in [0.717, 1.165) is 37.0 Å². The van der Waals surface area contributed by atoms with Crippen LogP contribution in [0.5, 0.6) is 11.5 Å². The van der Waals surface area contributed by atoms with Crippen LogP contribution >= 0.6 is 0 Å². The van der Waals surface area contributed by atoms with E-state index < -0.39 is 0 Å². The summed E-state index contributed by atoms with van der Waals surface area (Å²) in [5.74, 6) is 2.41. The lowest BCUT2D eigenvalue weighted by Crippen LogP contribution is -2.42. The van der Waals surface area contributed by atoms with Crippen LogP contribution in [0.4, 0.5) is 0 Å². The van der Waals surface area contributed by atoms with E-state index in [4.69, 9.17) is 9.47 Å². The number of methoxy groups -OCH3 is 1. The Bertz CT molecular complexity index is 534. The third kappa shape index (κ3) is 8.94. The number of hydrogen-bond donors (Lipinski definition) is 2. The molecule has 0 bridgehead atoms. The van der Waals surface area contributed by atoms with Gasteiger partial charge in [0.1, 0.15) is 17.6 Å². The molecule has 0 saturated carbocycles. The molecule has 1 rings (SSSR count). The molecule has 1 unspecified atom stereocenters. The molecule has 0 amide bonds. The predicted molar refractivity (Wildman–Crippen MR) is 109 cm³/mol. The summed E-state index contributed by atoms with van der Waals surface area (Å²) in [5, 5.41) is 6.66. The highest BCUT2D eigenvalue weighted by Crippen LogP contribution is 2.19. The van der Waals surface area contributed by atoms with Gasteiger partial charge in [0.2, 0.25) is 0 Å². The van der Waals surface area contributed by atoms with E-state index in [2.05, 4.69) is 41.4 Å². The van der Waals surface area contributed by atoms with Crippen molar-refractivity contribution in [2.24, 2.45) is 4.99 Å². The minimum atomic E-state index is 0.0142. The van der Waals surface area contributed by atoms with E-state index >= 15 is 0 Å². The lowest BCUT2D eigenvalue weighted by Gasteiger charge is -2.21. The van der Waals surface area contributed by atoms with Crippen LogP contribution in [0.2, 0.25) is 0 Å². The first-order chi connectivity index (χ1) is 12.5. The number of guanidine groups is 1. The summed E-state index contributed by atoms with van der Waals surface area (Å²) in [6.45, 7) is 9.18. The lowest BCUT2D eigenvalue weighted by molar-refractivity contribution is 0.223. The van der Waals surface area contributed by atoms with Crippen LogP contribution < -0.4 is 20.1 Å². The maximum absolute atomic E-state index is 5.91. The molecule has 0 aliphatic rings. The number of nitrogens with zero attached hydrogens (tertiary/aromatic N) is 2. The number of nitrogens with one attached hydrogen (secondary N) is 2. The topological polar surface area (TPSA) is 58.1 Å². The fourth-order valence-electron chi connectivity index (χ4n) is 2.36. The Morgan fingerprint density at radius 2 is 1.88 bits per heavy atom. The van der Waals surface area contributed by atoms with Gasteiger partial charge in [0.15, 0.2) is 5.96 Å². The maximum Gasteiger partial charge on any atom is 0.191 e. The van der Waals surface area contributed by atoms with Gasteiger partial charge < -0.3 is 25.0 Å². The van der Waals surface area contributed by atoms with Crippen LogP contribution in [0.1, 0.15) is 33.6 Å². The molecule has 148 valence electrons.